The van der Waals surface area contributed by atoms with E-state index in [1.54, 1.807) is 0 Å². The fraction of sp³-hybridized carbons (Fsp3) is 0.400. The van der Waals surface area contributed by atoms with Crippen molar-refractivity contribution >= 4 is 28.3 Å². The minimum absolute atomic E-state index is 0.885. The van der Waals surface area contributed by atoms with Gasteiger partial charge < -0.3 is 5.73 Å². The first-order chi connectivity index (χ1) is 5.74. The van der Waals surface area contributed by atoms with Crippen LogP contribution >= 0.6 is 22.6 Å². The lowest BCUT2D eigenvalue weighted by atomic mass is 10.1. The highest BCUT2D eigenvalue weighted by Gasteiger charge is 1.96. The first kappa shape index (κ1) is 9.84. The van der Waals surface area contributed by atoms with Gasteiger partial charge in [0.1, 0.15) is 0 Å². The van der Waals surface area contributed by atoms with E-state index >= 15 is 0 Å². The van der Waals surface area contributed by atoms with Crippen molar-refractivity contribution in [2.45, 2.75) is 26.2 Å². The van der Waals surface area contributed by atoms with Crippen molar-refractivity contribution in [1.29, 1.82) is 0 Å². The van der Waals surface area contributed by atoms with Gasteiger partial charge in [0.25, 0.3) is 0 Å². The Balaban J connectivity index is 2.69. The molecule has 0 spiro atoms. The van der Waals surface area contributed by atoms with Crippen LogP contribution in [0.1, 0.15) is 25.3 Å². The lowest BCUT2D eigenvalue weighted by Gasteiger charge is -2.02. The number of nitrogens with two attached hydrogens (primary N) is 1. The Labute approximate surface area is 87.5 Å². The first-order valence-electron chi connectivity index (χ1n) is 4.28. The van der Waals surface area contributed by atoms with E-state index in [-0.39, 0.29) is 0 Å². The van der Waals surface area contributed by atoms with Gasteiger partial charge in [0.2, 0.25) is 0 Å². The molecule has 0 aromatic heterocycles. The van der Waals surface area contributed by atoms with Crippen molar-refractivity contribution in [2.24, 2.45) is 0 Å². The normalized spacial score (nSPS) is 10.2. The summed E-state index contributed by atoms with van der Waals surface area (Å²) in [5.74, 6) is 0. The fourth-order valence-electron chi connectivity index (χ4n) is 1.11. The molecule has 0 radical (unpaired) electrons. The highest BCUT2D eigenvalue weighted by Crippen LogP contribution is 2.17. The largest absolute Gasteiger partial charge is 0.398 e. The highest BCUT2D eigenvalue weighted by atomic mass is 127. The third-order valence-corrected chi connectivity index (χ3v) is 2.82. The Morgan fingerprint density at radius 3 is 2.75 bits per heavy atom. The van der Waals surface area contributed by atoms with E-state index in [0.717, 1.165) is 5.69 Å². The first-order valence-corrected chi connectivity index (χ1v) is 5.36. The molecule has 0 atom stereocenters. The number of benzene rings is 1. The quantitative estimate of drug-likeness (QED) is 0.665. The SMILES string of the molecule is CCCCc1ccc(N)c(I)c1. The maximum atomic E-state index is 5.71. The Bertz CT molecular complexity index is 258. The molecule has 0 heterocycles. The maximum absolute atomic E-state index is 5.71. The number of rotatable bonds is 3. The Hall–Kier alpha value is -0.250. The van der Waals surface area contributed by atoms with Gasteiger partial charge in [-0.25, -0.2) is 0 Å². The van der Waals surface area contributed by atoms with Crippen LogP contribution in [0.15, 0.2) is 18.2 Å². The number of unbranched alkanes of at least 4 members (excludes halogenated alkanes) is 1. The molecule has 12 heavy (non-hydrogen) atoms. The van der Waals surface area contributed by atoms with Gasteiger partial charge in [0.15, 0.2) is 0 Å². The van der Waals surface area contributed by atoms with E-state index in [1.165, 1.54) is 28.4 Å². The van der Waals surface area contributed by atoms with Gasteiger partial charge in [-0.2, -0.15) is 0 Å². The summed E-state index contributed by atoms with van der Waals surface area (Å²) in [5.41, 5.74) is 7.99. The lowest BCUT2D eigenvalue weighted by Crippen LogP contribution is -1.91. The molecule has 2 N–H and O–H groups in total. The number of aryl methyl sites for hydroxylation is 1. The summed E-state index contributed by atoms with van der Waals surface area (Å²) in [6.45, 7) is 2.21. The molecule has 0 unspecified atom stereocenters. The summed E-state index contributed by atoms with van der Waals surface area (Å²) >= 11 is 2.28. The molecule has 1 aromatic carbocycles. The molecule has 1 nitrogen and oxygen atoms in total. The van der Waals surface area contributed by atoms with Gasteiger partial charge in [0, 0.05) is 9.26 Å². The van der Waals surface area contributed by atoms with E-state index in [4.69, 9.17) is 5.73 Å². The van der Waals surface area contributed by atoms with Crippen molar-refractivity contribution < 1.29 is 0 Å². The molecule has 66 valence electrons. The Morgan fingerprint density at radius 1 is 1.42 bits per heavy atom. The third kappa shape index (κ3) is 2.66. The van der Waals surface area contributed by atoms with E-state index in [1.807, 2.05) is 6.07 Å². The number of nitrogen functional groups attached to an aromatic ring is 1. The lowest BCUT2D eigenvalue weighted by molar-refractivity contribution is 0.795. The topological polar surface area (TPSA) is 26.0 Å². The molecular weight excluding hydrogens is 261 g/mol. The summed E-state index contributed by atoms with van der Waals surface area (Å²) in [6.07, 6.45) is 3.69. The molecule has 0 aliphatic heterocycles. The van der Waals surface area contributed by atoms with Crippen molar-refractivity contribution in [3.05, 3.63) is 27.3 Å². The number of hydrogen-bond acceptors (Lipinski definition) is 1. The molecule has 0 saturated carbocycles. The number of anilines is 1. The minimum Gasteiger partial charge on any atom is -0.398 e. The predicted molar refractivity (Wildman–Crippen MR) is 62.2 cm³/mol. The van der Waals surface area contributed by atoms with Gasteiger partial charge in [0.05, 0.1) is 0 Å². The molecule has 0 amide bonds. The van der Waals surface area contributed by atoms with Crippen LogP contribution in [0.3, 0.4) is 0 Å². The summed E-state index contributed by atoms with van der Waals surface area (Å²) in [4.78, 5) is 0. The minimum atomic E-state index is 0.885. The van der Waals surface area contributed by atoms with Crippen molar-refractivity contribution in [2.75, 3.05) is 5.73 Å². The van der Waals surface area contributed by atoms with Gasteiger partial charge in [-0.05, 0) is 53.1 Å². The van der Waals surface area contributed by atoms with Gasteiger partial charge in [-0.1, -0.05) is 19.4 Å². The third-order valence-electron chi connectivity index (χ3n) is 1.88. The monoisotopic (exact) mass is 275 g/mol. The van der Waals surface area contributed by atoms with Gasteiger partial charge >= 0.3 is 0 Å². The van der Waals surface area contributed by atoms with Crippen LogP contribution in [-0.2, 0) is 6.42 Å². The van der Waals surface area contributed by atoms with Gasteiger partial charge in [-0.3, -0.25) is 0 Å². The zero-order valence-electron chi connectivity index (χ0n) is 7.31. The fourth-order valence-corrected chi connectivity index (χ4v) is 1.69. The van der Waals surface area contributed by atoms with Crippen molar-refractivity contribution in [3.8, 4) is 0 Å². The number of hydrogen-bond donors (Lipinski definition) is 1. The predicted octanol–water partition coefficient (Wildman–Crippen LogP) is 3.22. The molecule has 0 bridgehead atoms. The van der Waals surface area contributed by atoms with E-state index in [9.17, 15) is 0 Å². The van der Waals surface area contributed by atoms with Crippen molar-refractivity contribution in [1.82, 2.24) is 0 Å². The second-order valence-electron chi connectivity index (χ2n) is 2.96. The highest BCUT2D eigenvalue weighted by molar-refractivity contribution is 14.1. The smallest absolute Gasteiger partial charge is 0.0449 e. The second-order valence-corrected chi connectivity index (χ2v) is 4.12. The molecule has 1 rings (SSSR count). The second kappa shape index (κ2) is 4.70. The van der Waals surface area contributed by atoms with E-state index < -0.39 is 0 Å². The number of halogens is 1. The van der Waals surface area contributed by atoms with Crippen LogP contribution in [-0.4, -0.2) is 0 Å². The summed E-state index contributed by atoms with van der Waals surface area (Å²) in [7, 11) is 0. The Kier molecular flexibility index (Phi) is 3.85. The van der Waals surface area contributed by atoms with Crippen LogP contribution in [0, 0.1) is 3.57 Å². The summed E-state index contributed by atoms with van der Waals surface area (Å²) < 4.78 is 1.17. The molecule has 0 aliphatic rings. The average Bonchev–Trinajstić information content (AvgIpc) is 2.07. The summed E-state index contributed by atoms with van der Waals surface area (Å²) in [6, 6.07) is 6.28. The molecule has 0 aliphatic carbocycles. The van der Waals surface area contributed by atoms with Crippen LogP contribution in [0.5, 0.6) is 0 Å². The maximum Gasteiger partial charge on any atom is 0.0449 e. The van der Waals surface area contributed by atoms with Crippen LogP contribution in [0.4, 0.5) is 5.69 Å². The molecule has 0 saturated heterocycles. The van der Waals surface area contributed by atoms with Crippen molar-refractivity contribution in [3.63, 3.8) is 0 Å². The van der Waals surface area contributed by atoms with E-state index in [0.29, 0.717) is 0 Å². The van der Waals surface area contributed by atoms with Crippen LogP contribution in [0.25, 0.3) is 0 Å². The van der Waals surface area contributed by atoms with E-state index in [2.05, 4.69) is 41.6 Å². The molecular formula is C10H14IN. The van der Waals surface area contributed by atoms with Crippen LogP contribution < -0.4 is 5.73 Å². The zero-order chi connectivity index (χ0) is 8.97. The molecule has 2 heteroatoms. The average molecular weight is 275 g/mol. The van der Waals surface area contributed by atoms with Crippen LogP contribution in [0.2, 0.25) is 0 Å². The standard InChI is InChI=1S/C10H14IN/c1-2-3-4-8-5-6-10(12)9(11)7-8/h5-7H,2-4,12H2,1H3. The zero-order valence-corrected chi connectivity index (χ0v) is 9.47. The van der Waals surface area contributed by atoms with Gasteiger partial charge in [-0.15, -0.1) is 0 Å². The Morgan fingerprint density at radius 2 is 2.17 bits per heavy atom. The summed E-state index contributed by atoms with van der Waals surface area (Å²) in [5, 5.41) is 0. The molecule has 0 fully saturated rings. The molecule has 1 aromatic rings.